The summed E-state index contributed by atoms with van der Waals surface area (Å²) in [5.74, 6) is 5.35. The SMILES string of the molecule is COCCN(C)S(=O)(=O)c1cccnc1NN. The fourth-order valence-electron chi connectivity index (χ4n) is 1.22. The number of sulfonamides is 1. The molecule has 1 heterocycles. The van der Waals surface area contributed by atoms with Gasteiger partial charge in [0.1, 0.15) is 4.90 Å². The summed E-state index contributed by atoms with van der Waals surface area (Å²) in [5, 5.41) is 0. The van der Waals surface area contributed by atoms with E-state index in [1.807, 2.05) is 0 Å². The van der Waals surface area contributed by atoms with Crippen LogP contribution in [0.15, 0.2) is 23.2 Å². The number of nitrogens with one attached hydrogen (secondary N) is 1. The number of hydrazine groups is 1. The number of nitrogens with zero attached hydrogens (tertiary/aromatic N) is 2. The highest BCUT2D eigenvalue weighted by atomic mass is 32.2. The first-order valence-electron chi connectivity index (χ1n) is 4.91. The zero-order valence-corrected chi connectivity index (χ0v) is 10.6. The second-order valence-electron chi connectivity index (χ2n) is 3.31. The number of rotatable bonds is 6. The number of ether oxygens (including phenoxy) is 1. The Kier molecular flexibility index (Phi) is 4.82. The summed E-state index contributed by atoms with van der Waals surface area (Å²) >= 11 is 0. The van der Waals surface area contributed by atoms with Gasteiger partial charge in [0.15, 0.2) is 5.82 Å². The van der Waals surface area contributed by atoms with E-state index in [1.54, 1.807) is 0 Å². The van der Waals surface area contributed by atoms with Crippen LogP contribution < -0.4 is 11.3 Å². The molecule has 0 fully saturated rings. The van der Waals surface area contributed by atoms with Gasteiger partial charge in [0, 0.05) is 26.9 Å². The molecule has 8 heteroatoms. The topological polar surface area (TPSA) is 97.5 Å². The minimum absolute atomic E-state index is 0.0427. The van der Waals surface area contributed by atoms with E-state index in [4.69, 9.17) is 10.6 Å². The number of hydrogen-bond donors (Lipinski definition) is 2. The average Bonchev–Trinajstić information content (AvgIpc) is 2.35. The van der Waals surface area contributed by atoms with Crippen LogP contribution in [0.5, 0.6) is 0 Å². The molecule has 0 atom stereocenters. The maximum absolute atomic E-state index is 12.2. The van der Waals surface area contributed by atoms with Crippen LogP contribution in [0.1, 0.15) is 0 Å². The minimum Gasteiger partial charge on any atom is -0.383 e. The molecular weight excluding hydrogens is 244 g/mol. The Bertz CT molecular complexity index is 463. The normalized spacial score (nSPS) is 11.8. The zero-order chi connectivity index (χ0) is 12.9. The Morgan fingerprint density at radius 3 is 2.88 bits per heavy atom. The van der Waals surface area contributed by atoms with Crippen molar-refractivity contribution < 1.29 is 13.2 Å². The first kappa shape index (κ1) is 13.8. The highest BCUT2D eigenvalue weighted by Gasteiger charge is 2.23. The van der Waals surface area contributed by atoms with Gasteiger partial charge in [0.05, 0.1) is 6.61 Å². The van der Waals surface area contributed by atoms with Crippen molar-refractivity contribution in [3.63, 3.8) is 0 Å². The summed E-state index contributed by atoms with van der Waals surface area (Å²) in [5.41, 5.74) is 2.26. The standard InChI is InChI=1S/C9H16N4O3S/c1-13(6-7-16-2)17(14,15)8-4-3-5-11-9(8)12-10/h3-5H,6-7,10H2,1-2H3,(H,11,12). The van der Waals surface area contributed by atoms with Crippen molar-refractivity contribution in [1.29, 1.82) is 0 Å². The first-order chi connectivity index (χ1) is 8.04. The largest absolute Gasteiger partial charge is 0.383 e. The van der Waals surface area contributed by atoms with Crippen LogP contribution in [-0.2, 0) is 14.8 Å². The third-order valence-electron chi connectivity index (χ3n) is 2.21. The highest BCUT2D eigenvalue weighted by molar-refractivity contribution is 7.89. The van der Waals surface area contributed by atoms with E-state index in [-0.39, 0.29) is 17.3 Å². The molecule has 3 N–H and O–H groups in total. The van der Waals surface area contributed by atoms with Gasteiger partial charge in [0.25, 0.3) is 0 Å². The number of hydrogen-bond acceptors (Lipinski definition) is 6. The van der Waals surface area contributed by atoms with Crippen molar-refractivity contribution in [1.82, 2.24) is 9.29 Å². The van der Waals surface area contributed by atoms with Crippen LogP contribution in [-0.4, -0.2) is 45.0 Å². The summed E-state index contributed by atoms with van der Waals surface area (Å²) in [4.78, 5) is 3.90. The monoisotopic (exact) mass is 260 g/mol. The molecule has 1 aromatic heterocycles. The van der Waals surface area contributed by atoms with Crippen LogP contribution in [0, 0.1) is 0 Å². The fourth-order valence-corrected chi connectivity index (χ4v) is 2.47. The van der Waals surface area contributed by atoms with Crippen LogP contribution in [0.4, 0.5) is 5.82 Å². The Hall–Kier alpha value is -1.22. The van der Waals surface area contributed by atoms with Crippen molar-refractivity contribution in [3.05, 3.63) is 18.3 Å². The molecule has 0 spiro atoms. The van der Waals surface area contributed by atoms with E-state index in [9.17, 15) is 8.42 Å². The van der Waals surface area contributed by atoms with E-state index < -0.39 is 10.0 Å². The maximum Gasteiger partial charge on any atom is 0.246 e. The maximum atomic E-state index is 12.2. The highest BCUT2D eigenvalue weighted by Crippen LogP contribution is 2.20. The molecule has 0 aliphatic rings. The first-order valence-corrected chi connectivity index (χ1v) is 6.35. The number of pyridine rings is 1. The van der Waals surface area contributed by atoms with Crippen molar-refractivity contribution in [2.75, 3.05) is 32.7 Å². The van der Waals surface area contributed by atoms with Crippen molar-refractivity contribution in [3.8, 4) is 0 Å². The van der Waals surface area contributed by atoms with Crippen LogP contribution in [0.3, 0.4) is 0 Å². The predicted molar refractivity (Wildman–Crippen MR) is 63.7 cm³/mol. The average molecular weight is 260 g/mol. The van der Waals surface area contributed by atoms with E-state index in [0.29, 0.717) is 6.61 Å². The zero-order valence-electron chi connectivity index (χ0n) is 9.75. The molecular formula is C9H16N4O3S. The Labute approximate surface area is 101 Å². The quantitative estimate of drug-likeness (QED) is 0.535. The molecule has 0 bridgehead atoms. The summed E-state index contributed by atoms with van der Waals surface area (Å²) in [6, 6.07) is 2.98. The molecule has 96 valence electrons. The van der Waals surface area contributed by atoms with Crippen LogP contribution in [0.2, 0.25) is 0 Å². The number of anilines is 1. The van der Waals surface area contributed by atoms with E-state index in [0.717, 1.165) is 0 Å². The lowest BCUT2D eigenvalue weighted by Crippen LogP contribution is -2.31. The van der Waals surface area contributed by atoms with Gasteiger partial charge in [-0.15, -0.1) is 0 Å². The van der Waals surface area contributed by atoms with Gasteiger partial charge in [-0.05, 0) is 12.1 Å². The molecule has 0 aliphatic carbocycles. The molecule has 0 amide bonds. The van der Waals surface area contributed by atoms with Crippen molar-refractivity contribution in [2.45, 2.75) is 4.90 Å². The van der Waals surface area contributed by atoms with Gasteiger partial charge >= 0.3 is 0 Å². The number of aromatic nitrogens is 1. The summed E-state index contributed by atoms with van der Waals surface area (Å²) in [7, 11) is -0.620. The number of likely N-dealkylation sites (N-methyl/N-ethyl adjacent to an activating group) is 1. The summed E-state index contributed by atoms with van der Waals surface area (Å²) in [6.45, 7) is 0.582. The molecule has 1 rings (SSSR count). The summed E-state index contributed by atoms with van der Waals surface area (Å²) in [6.07, 6.45) is 1.46. The van der Waals surface area contributed by atoms with Gasteiger partial charge in [-0.3, -0.25) is 0 Å². The van der Waals surface area contributed by atoms with E-state index in [2.05, 4.69) is 10.4 Å². The lowest BCUT2D eigenvalue weighted by atomic mass is 10.5. The van der Waals surface area contributed by atoms with Gasteiger partial charge in [-0.1, -0.05) is 0 Å². The van der Waals surface area contributed by atoms with E-state index in [1.165, 1.54) is 36.8 Å². The number of nitrogens with two attached hydrogens (primary N) is 1. The lowest BCUT2D eigenvalue weighted by Gasteiger charge is -2.17. The summed E-state index contributed by atoms with van der Waals surface area (Å²) < 4.78 is 30.3. The van der Waals surface area contributed by atoms with Crippen molar-refractivity contribution in [2.24, 2.45) is 5.84 Å². The molecule has 7 nitrogen and oxygen atoms in total. The second kappa shape index (κ2) is 5.92. The predicted octanol–water partition coefficient (Wildman–Crippen LogP) is -0.366. The molecule has 0 saturated heterocycles. The molecule has 1 aromatic rings. The Morgan fingerprint density at radius 2 is 2.29 bits per heavy atom. The smallest absolute Gasteiger partial charge is 0.246 e. The Morgan fingerprint density at radius 1 is 1.59 bits per heavy atom. The van der Waals surface area contributed by atoms with Gasteiger partial charge in [-0.25, -0.2) is 19.2 Å². The number of nitrogen functional groups attached to an aromatic ring is 1. The van der Waals surface area contributed by atoms with E-state index >= 15 is 0 Å². The number of methoxy groups -OCH3 is 1. The van der Waals surface area contributed by atoms with Crippen LogP contribution in [0.25, 0.3) is 0 Å². The second-order valence-corrected chi connectivity index (χ2v) is 5.33. The molecule has 0 aliphatic heterocycles. The molecule has 0 aromatic carbocycles. The third-order valence-corrected chi connectivity index (χ3v) is 4.09. The van der Waals surface area contributed by atoms with Gasteiger partial charge < -0.3 is 10.2 Å². The molecule has 0 radical (unpaired) electrons. The molecule has 0 saturated carbocycles. The van der Waals surface area contributed by atoms with Gasteiger partial charge in [0.2, 0.25) is 10.0 Å². The lowest BCUT2D eigenvalue weighted by molar-refractivity contribution is 0.185. The van der Waals surface area contributed by atoms with Gasteiger partial charge in [-0.2, -0.15) is 4.31 Å². The Balaban J connectivity index is 3.04. The fraction of sp³-hybridized carbons (Fsp3) is 0.444. The third kappa shape index (κ3) is 3.13. The minimum atomic E-state index is -3.61. The molecule has 0 unspecified atom stereocenters. The van der Waals surface area contributed by atoms with Crippen molar-refractivity contribution >= 4 is 15.8 Å². The molecule has 17 heavy (non-hydrogen) atoms. The van der Waals surface area contributed by atoms with Crippen LogP contribution >= 0.6 is 0 Å².